The molecule has 1 aromatic heterocycles. The van der Waals surface area contributed by atoms with E-state index in [1.807, 2.05) is 24.3 Å². The van der Waals surface area contributed by atoms with E-state index in [-0.39, 0.29) is 5.28 Å². The van der Waals surface area contributed by atoms with Gasteiger partial charge in [-0.2, -0.15) is 4.98 Å². The number of nitrogens with one attached hydrogen (secondary N) is 1. The lowest BCUT2D eigenvalue weighted by Crippen LogP contribution is -2.00. The lowest BCUT2D eigenvalue weighted by Gasteiger charge is -2.08. The first-order chi connectivity index (χ1) is 8.19. The standard InChI is InChI=1S/C11H11ClN4O/c1-17-8-4-2-7(3-5-8)15-10-9(13)6-14-11(12)16-10/h2-6H,13H2,1H3,(H,14,15,16). The second-order valence-corrected chi connectivity index (χ2v) is 3.63. The number of aromatic nitrogens is 2. The van der Waals surface area contributed by atoms with Crippen LogP contribution in [-0.2, 0) is 0 Å². The lowest BCUT2D eigenvalue weighted by molar-refractivity contribution is 0.415. The first-order valence-corrected chi connectivity index (χ1v) is 5.26. The van der Waals surface area contributed by atoms with E-state index in [2.05, 4.69) is 15.3 Å². The number of rotatable bonds is 3. The zero-order chi connectivity index (χ0) is 12.3. The molecule has 17 heavy (non-hydrogen) atoms. The maximum atomic E-state index is 5.72. The van der Waals surface area contributed by atoms with Gasteiger partial charge in [-0.05, 0) is 35.9 Å². The molecule has 0 unspecified atom stereocenters. The molecule has 0 saturated heterocycles. The summed E-state index contributed by atoms with van der Waals surface area (Å²) < 4.78 is 5.06. The summed E-state index contributed by atoms with van der Waals surface area (Å²) >= 11 is 5.69. The van der Waals surface area contributed by atoms with Crippen molar-refractivity contribution in [2.45, 2.75) is 0 Å². The Hall–Kier alpha value is -2.01. The topological polar surface area (TPSA) is 73.1 Å². The van der Waals surface area contributed by atoms with E-state index in [1.54, 1.807) is 7.11 Å². The summed E-state index contributed by atoms with van der Waals surface area (Å²) in [5, 5.41) is 3.20. The second-order valence-electron chi connectivity index (χ2n) is 3.30. The normalized spacial score (nSPS) is 10.0. The highest BCUT2D eigenvalue weighted by Crippen LogP contribution is 2.22. The number of nitrogens with zero attached hydrogens (tertiary/aromatic N) is 2. The number of hydrogen-bond donors (Lipinski definition) is 2. The monoisotopic (exact) mass is 250 g/mol. The fraction of sp³-hybridized carbons (Fsp3) is 0.0909. The minimum Gasteiger partial charge on any atom is -0.497 e. The van der Waals surface area contributed by atoms with E-state index < -0.39 is 0 Å². The molecule has 2 aromatic rings. The zero-order valence-electron chi connectivity index (χ0n) is 9.14. The van der Waals surface area contributed by atoms with E-state index in [4.69, 9.17) is 22.1 Å². The summed E-state index contributed by atoms with van der Waals surface area (Å²) in [6.45, 7) is 0. The molecule has 0 saturated carbocycles. The number of ether oxygens (including phenoxy) is 1. The zero-order valence-corrected chi connectivity index (χ0v) is 9.90. The molecule has 0 spiro atoms. The van der Waals surface area contributed by atoms with Crippen LogP contribution in [-0.4, -0.2) is 17.1 Å². The molecule has 2 rings (SSSR count). The van der Waals surface area contributed by atoms with Crippen molar-refractivity contribution >= 4 is 28.8 Å². The molecule has 0 amide bonds. The number of anilines is 3. The minimum absolute atomic E-state index is 0.148. The Balaban J connectivity index is 2.22. The largest absolute Gasteiger partial charge is 0.497 e. The molecule has 1 aromatic carbocycles. The van der Waals surface area contributed by atoms with Gasteiger partial charge in [0.05, 0.1) is 19.0 Å². The second kappa shape index (κ2) is 4.88. The van der Waals surface area contributed by atoms with Gasteiger partial charge >= 0.3 is 0 Å². The third-order valence-corrected chi connectivity index (χ3v) is 2.32. The lowest BCUT2D eigenvalue weighted by atomic mass is 10.3. The van der Waals surface area contributed by atoms with Crippen LogP contribution in [0.2, 0.25) is 5.28 Å². The van der Waals surface area contributed by atoms with Crippen LogP contribution >= 0.6 is 11.6 Å². The van der Waals surface area contributed by atoms with Gasteiger partial charge in [-0.1, -0.05) is 0 Å². The third-order valence-electron chi connectivity index (χ3n) is 2.14. The molecular formula is C11H11ClN4O. The molecule has 0 aliphatic heterocycles. The number of methoxy groups -OCH3 is 1. The van der Waals surface area contributed by atoms with Gasteiger partial charge < -0.3 is 15.8 Å². The van der Waals surface area contributed by atoms with Crippen molar-refractivity contribution in [3.8, 4) is 5.75 Å². The van der Waals surface area contributed by atoms with Crippen LogP contribution in [0.15, 0.2) is 30.5 Å². The van der Waals surface area contributed by atoms with E-state index in [0.717, 1.165) is 11.4 Å². The summed E-state index contributed by atoms with van der Waals surface area (Å²) in [5.41, 5.74) is 7.00. The van der Waals surface area contributed by atoms with E-state index in [1.165, 1.54) is 6.20 Å². The molecule has 0 aliphatic carbocycles. The molecule has 0 aliphatic rings. The number of benzene rings is 1. The summed E-state index contributed by atoms with van der Waals surface area (Å²) in [7, 11) is 1.62. The average Bonchev–Trinajstić information content (AvgIpc) is 2.35. The Morgan fingerprint density at radius 3 is 2.65 bits per heavy atom. The van der Waals surface area contributed by atoms with Gasteiger partial charge in [-0.15, -0.1) is 0 Å². The van der Waals surface area contributed by atoms with Crippen molar-refractivity contribution in [2.75, 3.05) is 18.2 Å². The van der Waals surface area contributed by atoms with Gasteiger partial charge in [0.25, 0.3) is 0 Å². The van der Waals surface area contributed by atoms with Crippen LogP contribution in [0.1, 0.15) is 0 Å². The molecule has 0 fully saturated rings. The van der Waals surface area contributed by atoms with Crippen LogP contribution in [0.25, 0.3) is 0 Å². The Morgan fingerprint density at radius 2 is 2.00 bits per heavy atom. The number of nitrogen functional groups attached to an aromatic ring is 1. The highest BCUT2D eigenvalue weighted by atomic mass is 35.5. The average molecular weight is 251 g/mol. The molecule has 3 N–H and O–H groups in total. The SMILES string of the molecule is COc1ccc(Nc2nc(Cl)ncc2N)cc1. The quantitative estimate of drug-likeness (QED) is 0.819. The Labute approximate surface area is 104 Å². The maximum absolute atomic E-state index is 5.72. The van der Waals surface area contributed by atoms with Crippen LogP contribution in [0.5, 0.6) is 5.75 Å². The molecule has 5 nitrogen and oxygen atoms in total. The molecular weight excluding hydrogens is 240 g/mol. The van der Waals surface area contributed by atoms with E-state index in [9.17, 15) is 0 Å². The van der Waals surface area contributed by atoms with Gasteiger partial charge in [0.15, 0.2) is 5.82 Å². The van der Waals surface area contributed by atoms with E-state index >= 15 is 0 Å². The molecule has 0 bridgehead atoms. The summed E-state index contributed by atoms with van der Waals surface area (Å²) in [5.74, 6) is 1.26. The Kier molecular flexibility index (Phi) is 3.30. The molecule has 6 heteroatoms. The van der Waals surface area contributed by atoms with Crippen molar-refractivity contribution in [3.63, 3.8) is 0 Å². The van der Waals surface area contributed by atoms with Crippen molar-refractivity contribution in [3.05, 3.63) is 35.7 Å². The molecule has 1 heterocycles. The van der Waals surface area contributed by atoms with Crippen LogP contribution < -0.4 is 15.8 Å². The van der Waals surface area contributed by atoms with Gasteiger partial charge in [0, 0.05) is 5.69 Å². The van der Waals surface area contributed by atoms with Crippen LogP contribution in [0.4, 0.5) is 17.2 Å². The first-order valence-electron chi connectivity index (χ1n) is 4.88. The molecule has 0 radical (unpaired) electrons. The fourth-order valence-corrected chi connectivity index (χ4v) is 1.41. The highest BCUT2D eigenvalue weighted by molar-refractivity contribution is 6.28. The van der Waals surface area contributed by atoms with Crippen molar-refractivity contribution in [2.24, 2.45) is 0 Å². The van der Waals surface area contributed by atoms with Gasteiger partial charge in [-0.3, -0.25) is 0 Å². The molecule has 0 atom stereocenters. The Morgan fingerprint density at radius 1 is 1.29 bits per heavy atom. The summed E-state index contributed by atoms with van der Waals surface area (Å²) in [6, 6.07) is 7.38. The van der Waals surface area contributed by atoms with Crippen LogP contribution in [0, 0.1) is 0 Å². The third kappa shape index (κ3) is 2.76. The minimum atomic E-state index is 0.148. The molecule has 88 valence electrons. The van der Waals surface area contributed by atoms with Crippen LogP contribution in [0.3, 0.4) is 0 Å². The highest BCUT2D eigenvalue weighted by Gasteiger charge is 2.03. The van der Waals surface area contributed by atoms with E-state index in [0.29, 0.717) is 11.5 Å². The summed E-state index contributed by atoms with van der Waals surface area (Å²) in [4.78, 5) is 7.78. The predicted molar refractivity (Wildman–Crippen MR) is 67.7 cm³/mol. The van der Waals surface area contributed by atoms with Crippen molar-refractivity contribution < 1.29 is 4.74 Å². The first kappa shape index (κ1) is 11.5. The van der Waals surface area contributed by atoms with Gasteiger partial charge in [0.1, 0.15) is 5.75 Å². The Bertz CT molecular complexity index is 515. The van der Waals surface area contributed by atoms with Gasteiger partial charge in [-0.25, -0.2) is 4.98 Å². The summed E-state index contributed by atoms with van der Waals surface area (Å²) in [6.07, 6.45) is 1.46. The fourth-order valence-electron chi connectivity index (χ4n) is 1.28. The van der Waals surface area contributed by atoms with Crippen molar-refractivity contribution in [1.82, 2.24) is 9.97 Å². The smallest absolute Gasteiger partial charge is 0.224 e. The maximum Gasteiger partial charge on any atom is 0.224 e. The number of nitrogens with two attached hydrogens (primary N) is 1. The number of hydrogen-bond acceptors (Lipinski definition) is 5. The number of halogens is 1. The predicted octanol–water partition coefficient (Wildman–Crippen LogP) is 2.46. The van der Waals surface area contributed by atoms with Crippen molar-refractivity contribution in [1.29, 1.82) is 0 Å². The van der Waals surface area contributed by atoms with Gasteiger partial charge in [0.2, 0.25) is 5.28 Å².